The molecule has 0 nitrogen and oxygen atoms in total. The topological polar surface area (TPSA) is 0 Å². The molecular formula is C11H28P2. The van der Waals surface area contributed by atoms with Gasteiger partial charge in [0.2, 0.25) is 0 Å². The normalized spacial score (nSPS) is 11.8. The average Bonchev–Trinajstić information content (AvgIpc) is 2.16. The molecule has 1 unspecified atom stereocenters. The van der Waals surface area contributed by atoms with Crippen molar-refractivity contribution in [2.45, 2.75) is 58.8 Å². The van der Waals surface area contributed by atoms with Crippen LogP contribution in [0.15, 0.2) is 0 Å². The number of hydrogen-bond acceptors (Lipinski definition) is 0. The van der Waals surface area contributed by atoms with Gasteiger partial charge in [-0.3, -0.25) is 0 Å². The Balaban J connectivity index is 2.76. The van der Waals surface area contributed by atoms with E-state index in [4.69, 9.17) is 0 Å². The minimum absolute atomic E-state index is 0.395. The quantitative estimate of drug-likeness (QED) is 0.377. The van der Waals surface area contributed by atoms with E-state index in [2.05, 4.69) is 13.8 Å². The van der Waals surface area contributed by atoms with E-state index in [9.17, 15) is 0 Å². The molecule has 0 aliphatic heterocycles. The van der Waals surface area contributed by atoms with Crippen LogP contribution in [-0.2, 0) is 0 Å². The summed E-state index contributed by atoms with van der Waals surface area (Å²) in [7, 11) is 1.79. The molecule has 82 valence electrons. The molecule has 0 N–H and O–H groups in total. The summed E-state index contributed by atoms with van der Waals surface area (Å²) in [6, 6.07) is 0. The van der Waals surface area contributed by atoms with Crippen molar-refractivity contribution in [3.05, 3.63) is 0 Å². The van der Waals surface area contributed by atoms with Gasteiger partial charge in [0.1, 0.15) is 0 Å². The van der Waals surface area contributed by atoms with Gasteiger partial charge in [-0.1, -0.05) is 0 Å². The SMILES string of the molecule is CCCCCCCCP[PH3]CCC. The first-order valence-corrected chi connectivity index (χ1v) is 10.7. The van der Waals surface area contributed by atoms with Crippen molar-refractivity contribution in [1.82, 2.24) is 0 Å². The van der Waals surface area contributed by atoms with E-state index in [0.717, 1.165) is 0 Å². The molecule has 0 aromatic heterocycles. The third-order valence-electron chi connectivity index (χ3n) is 2.41. The van der Waals surface area contributed by atoms with Gasteiger partial charge < -0.3 is 0 Å². The molecule has 0 aliphatic carbocycles. The molecule has 0 saturated carbocycles. The predicted octanol–water partition coefficient (Wildman–Crippen LogP) is 4.49. The van der Waals surface area contributed by atoms with Gasteiger partial charge in [0.15, 0.2) is 0 Å². The molecule has 0 saturated heterocycles. The van der Waals surface area contributed by atoms with Gasteiger partial charge in [-0.2, -0.15) is 0 Å². The van der Waals surface area contributed by atoms with Gasteiger partial charge in [0.05, 0.1) is 0 Å². The fourth-order valence-electron chi connectivity index (χ4n) is 1.46. The second-order valence-electron chi connectivity index (χ2n) is 3.87. The van der Waals surface area contributed by atoms with Gasteiger partial charge in [-0.05, 0) is 0 Å². The maximum absolute atomic E-state index is 2.32. The summed E-state index contributed by atoms with van der Waals surface area (Å²) in [6.45, 7) is 4.61. The van der Waals surface area contributed by atoms with Crippen LogP contribution in [0.3, 0.4) is 0 Å². The Morgan fingerprint density at radius 2 is 1.54 bits per heavy atom. The fraction of sp³-hybridized carbons (Fsp3) is 1.00. The molecule has 0 aromatic carbocycles. The molecule has 0 aromatic rings. The van der Waals surface area contributed by atoms with E-state index in [-0.39, 0.29) is 0 Å². The fourth-order valence-corrected chi connectivity index (χ4v) is 6.12. The second-order valence-corrected chi connectivity index (χ2v) is 9.08. The van der Waals surface area contributed by atoms with Crippen molar-refractivity contribution in [2.75, 3.05) is 12.3 Å². The van der Waals surface area contributed by atoms with Crippen LogP contribution in [0, 0.1) is 0 Å². The molecule has 2 heteroatoms. The molecule has 0 amide bonds. The van der Waals surface area contributed by atoms with Gasteiger partial charge in [0, 0.05) is 0 Å². The molecule has 0 heterocycles. The summed E-state index contributed by atoms with van der Waals surface area (Å²) in [5.41, 5.74) is 0. The van der Waals surface area contributed by atoms with E-state index in [1.165, 1.54) is 53.2 Å². The first kappa shape index (κ1) is 13.9. The maximum atomic E-state index is 2.32. The summed E-state index contributed by atoms with van der Waals surface area (Å²) in [4.78, 5) is 0. The summed E-state index contributed by atoms with van der Waals surface area (Å²) < 4.78 is 0. The molecule has 0 fully saturated rings. The van der Waals surface area contributed by atoms with Crippen LogP contribution in [0.1, 0.15) is 58.8 Å². The third-order valence-corrected chi connectivity index (χ3v) is 7.72. The van der Waals surface area contributed by atoms with Crippen molar-refractivity contribution in [1.29, 1.82) is 0 Å². The van der Waals surface area contributed by atoms with Crippen molar-refractivity contribution in [2.24, 2.45) is 0 Å². The molecule has 0 aliphatic rings. The Bertz CT molecular complexity index is 74.2. The Morgan fingerprint density at radius 1 is 0.846 bits per heavy atom. The van der Waals surface area contributed by atoms with E-state index in [1.54, 1.807) is 12.3 Å². The predicted molar refractivity (Wildman–Crippen MR) is 72.8 cm³/mol. The van der Waals surface area contributed by atoms with Crippen LogP contribution in [0.4, 0.5) is 0 Å². The van der Waals surface area contributed by atoms with Crippen LogP contribution in [0.5, 0.6) is 0 Å². The molecule has 0 radical (unpaired) electrons. The number of rotatable bonds is 10. The molecule has 0 spiro atoms. The van der Waals surface area contributed by atoms with Crippen LogP contribution in [0.2, 0.25) is 0 Å². The first-order valence-electron chi connectivity index (χ1n) is 6.12. The van der Waals surface area contributed by atoms with Crippen molar-refractivity contribution in [3.63, 3.8) is 0 Å². The monoisotopic (exact) mass is 222 g/mol. The molecule has 0 bridgehead atoms. The van der Waals surface area contributed by atoms with E-state index < -0.39 is 0 Å². The number of hydrogen-bond donors (Lipinski definition) is 0. The summed E-state index contributed by atoms with van der Waals surface area (Å²) in [5, 5.41) is 0. The van der Waals surface area contributed by atoms with Gasteiger partial charge >= 0.3 is 87.7 Å². The van der Waals surface area contributed by atoms with Crippen LogP contribution >= 0.6 is 16.5 Å². The average molecular weight is 222 g/mol. The Hall–Kier alpha value is 0.860. The van der Waals surface area contributed by atoms with Crippen molar-refractivity contribution >= 4 is 16.5 Å². The summed E-state index contributed by atoms with van der Waals surface area (Å²) in [6.07, 6.45) is 13.4. The standard InChI is InChI=1S/C11H28P2/c1-3-5-6-7-8-9-11-13-12-10-4-2/h13H,3-11H2,1-2,12H3. The summed E-state index contributed by atoms with van der Waals surface area (Å²) >= 11 is 0. The molecule has 0 rings (SSSR count). The molecule has 1 atom stereocenters. The Labute approximate surface area is 88.1 Å². The molecule has 13 heavy (non-hydrogen) atoms. The van der Waals surface area contributed by atoms with Gasteiger partial charge in [0.25, 0.3) is 0 Å². The van der Waals surface area contributed by atoms with Crippen molar-refractivity contribution in [3.8, 4) is 0 Å². The van der Waals surface area contributed by atoms with E-state index in [1.807, 2.05) is 0 Å². The van der Waals surface area contributed by atoms with Crippen LogP contribution in [0.25, 0.3) is 0 Å². The third kappa shape index (κ3) is 12.9. The number of unbranched alkanes of at least 4 members (excludes halogenated alkanes) is 5. The van der Waals surface area contributed by atoms with Crippen LogP contribution < -0.4 is 0 Å². The first-order chi connectivity index (χ1) is 6.41. The zero-order valence-corrected chi connectivity index (χ0v) is 12.0. The zero-order chi connectivity index (χ0) is 9.78. The minimum atomic E-state index is 0.395. The zero-order valence-electron chi connectivity index (χ0n) is 9.57. The van der Waals surface area contributed by atoms with Crippen LogP contribution in [-0.4, -0.2) is 12.3 Å². The summed E-state index contributed by atoms with van der Waals surface area (Å²) in [5.74, 6) is 0. The van der Waals surface area contributed by atoms with E-state index >= 15 is 0 Å². The van der Waals surface area contributed by atoms with Gasteiger partial charge in [-0.15, -0.1) is 0 Å². The second kappa shape index (κ2) is 12.9. The van der Waals surface area contributed by atoms with Crippen molar-refractivity contribution < 1.29 is 0 Å². The Morgan fingerprint density at radius 3 is 2.23 bits per heavy atom. The Kier molecular flexibility index (Phi) is 13.7. The van der Waals surface area contributed by atoms with E-state index in [0.29, 0.717) is 8.27 Å². The van der Waals surface area contributed by atoms with Gasteiger partial charge in [-0.25, -0.2) is 0 Å². The molecular weight excluding hydrogens is 194 g/mol.